The molecule has 0 spiro atoms. The SMILES string of the molecule is [CH][C@@H]1OC2[C@H](O)C(O)[C@H](CO)O[C@@H]2C1O. The molecule has 2 aliphatic rings. The fraction of sp³-hybridized carbons (Fsp3) is 0.889. The van der Waals surface area contributed by atoms with E-state index in [0.29, 0.717) is 0 Å². The van der Waals surface area contributed by atoms with Gasteiger partial charge in [0, 0.05) is 0 Å². The molecule has 2 fully saturated rings. The molecule has 6 nitrogen and oxygen atoms in total. The van der Waals surface area contributed by atoms with Gasteiger partial charge in [0.25, 0.3) is 0 Å². The highest BCUT2D eigenvalue weighted by atomic mass is 16.6. The molecular weight excluding hydrogens is 204 g/mol. The Morgan fingerprint density at radius 3 is 2.13 bits per heavy atom. The number of hydrogen-bond donors (Lipinski definition) is 4. The molecule has 86 valence electrons. The highest BCUT2D eigenvalue weighted by Gasteiger charge is 2.53. The molecule has 0 amide bonds. The van der Waals surface area contributed by atoms with Crippen LogP contribution in [-0.2, 0) is 9.47 Å². The lowest BCUT2D eigenvalue weighted by Gasteiger charge is -2.38. The first-order valence-corrected chi connectivity index (χ1v) is 4.78. The summed E-state index contributed by atoms with van der Waals surface area (Å²) in [5.41, 5.74) is 0. The van der Waals surface area contributed by atoms with E-state index in [1.165, 1.54) is 0 Å². The van der Waals surface area contributed by atoms with Crippen LogP contribution in [0.2, 0.25) is 0 Å². The van der Waals surface area contributed by atoms with Crippen LogP contribution < -0.4 is 0 Å². The first-order valence-electron chi connectivity index (χ1n) is 4.78. The second-order valence-corrected chi connectivity index (χ2v) is 3.86. The van der Waals surface area contributed by atoms with E-state index in [1.54, 1.807) is 0 Å². The molecule has 2 radical (unpaired) electrons. The van der Waals surface area contributed by atoms with Crippen molar-refractivity contribution in [3.63, 3.8) is 0 Å². The summed E-state index contributed by atoms with van der Waals surface area (Å²) in [4.78, 5) is 0. The van der Waals surface area contributed by atoms with E-state index in [4.69, 9.17) is 21.5 Å². The Morgan fingerprint density at radius 2 is 1.53 bits per heavy atom. The molecule has 6 heteroatoms. The summed E-state index contributed by atoms with van der Waals surface area (Å²) in [6, 6.07) is 0. The molecule has 0 aromatic rings. The number of fused-ring (bicyclic) bond motifs is 1. The van der Waals surface area contributed by atoms with Gasteiger partial charge in [-0.25, -0.2) is 0 Å². The van der Waals surface area contributed by atoms with Gasteiger partial charge in [-0.1, -0.05) is 0 Å². The predicted octanol–water partition coefficient (Wildman–Crippen LogP) is -2.69. The third-order valence-corrected chi connectivity index (χ3v) is 2.89. The van der Waals surface area contributed by atoms with Gasteiger partial charge in [0.05, 0.1) is 12.7 Å². The van der Waals surface area contributed by atoms with Gasteiger partial charge in [0.1, 0.15) is 36.6 Å². The number of rotatable bonds is 1. The minimum absolute atomic E-state index is 0.441. The summed E-state index contributed by atoms with van der Waals surface area (Å²) >= 11 is 0. The summed E-state index contributed by atoms with van der Waals surface area (Å²) in [5.74, 6) is 0. The molecule has 15 heavy (non-hydrogen) atoms. The topological polar surface area (TPSA) is 99.4 Å². The molecule has 0 bridgehead atoms. The third kappa shape index (κ3) is 1.67. The smallest absolute Gasteiger partial charge is 0.115 e. The Balaban J connectivity index is 2.16. The standard InChI is InChI=1S/C9H14O6/c1-3-5(11)8-9(14-3)7(13)6(12)4(2-10)15-8/h1,3-13H,2H2/t3-,4-,5?,6?,7+,8+,9?/m0/s1. The van der Waals surface area contributed by atoms with Crippen LogP contribution in [0, 0.1) is 6.92 Å². The minimum atomic E-state index is -1.24. The molecule has 0 aliphatic carbocycles. The Morgan fingerprint density at radius 1 is 0.933 bits per heavy atom. The summed E-state index contributed by atoms with van der Waals surface area (Å²) in [7, 11) is 0. The summed E-state index contributed by atoms with van der Waals surface area (Å²) in [6.45, 7) is 4.98. The van der Waals surface area contributed by atoms with Gasteiger partial charge in [-0.15, -0.1) is 0 Å². The van der Waals surface area contributed by atoms with Crippen LogP contribution in [0.4, 0.5) is 0 Å². The van der Waals surface area contributed by atoms with E-state index in [1.807, 2.05) is 0 Å². The second-order valence-electron chi connectivity index (χ2n) is 3.86. The highest BCUT2D eigenvalue weighted by Crippen LogP contribution is 2.32. The molecule has 4 N–H and O–H groups in total. The van der Waals surface area contributed by atoms with E-state index in [0.717, 1.165) is 0 Å². The van der Waals surface area contributed by atoms with Gasteiger partial charge in [-0.05, 0) is 6.92 Å². The molecule has 2 saturated heterocycles. The van der Waals surface area contributed by atoms with Crippen LogP contribution in [0.1, 0.15) is 0 Å². The van der Waals surface area contributed by atoms with Crippen LogP contribution in [0.3, 0.4) is 0 Å². The van der Waals surface area contributed by atoms with E-state index in [2.05, 4.69) is 0 Å². The van der Waals surface area contributed by atoms with Crippen molar-refractivity contribution in [3.05, 3.63) is 6.92 Å². The second kappa shape index (κ2) is 3.97. The molecule has 0 aromatic carbocycles. The van der Waals surface area contributed by atoms with Crippen molar-refractivity contribution < 1.29 is 29.9 Å². The Kier molecular flexibility index (Phi) is 2.98. The number of aliphatic hydroxyl groups is 4. The van der Waals surface area contributed by atoms with Gasteiger partial charge < -0.3 is 29.9 Å². The fourth-order valence-electron chi connectivity index (χ4n) is 2.00. The van der Waals surface area contributed by atoms with Crippen LogP contribution in [0.25, 0.3) is 0 Å². The summed E-state index contributed by atoms with van der Waals surface area (Å²) in [6.07, 6.45) is -7.06. The van der Waals surface area contributed by atoms with E-state index < -0.39 is 49.3 Å². The molecule has 0 saturated carbocycles. The zero-order valence-corrected chi connectivity index (χ0v) is 7.93. The van der Waals surface area contributed by atoms with Crippen LogP contribution in [-0.4, -0.2) is 69.8 Å². The van der Waals surface area contributed by atoms with Crippen molar-refractivity contribution in [2.24, 2.45) is 0 Å². The lowest BCUT2D eigenvalue weighted by Crippen LogP contribution is -2.58. The lowest BCUT2D eigenvalue weighted by atomic mass is 9.94. The average Bonchev–Trinajstić information content (AvgIpc) is 2.50. The zero-order valence-electron chi connectivity index (χ0n) is 7.93. The maximum Gasteiger partial charge on any atom is 0.115 e. The van der Waals surface area contributed by atoms with Gasteiger partial charge in [-0.3, -0.25) is 0 Å². The largest absolute Gasteiger partial charge is 0.394 e. The Bertz CT molecular complexity index is 235. The molecule has 0 aromatic heterocycles. The fourth-order valence-corrected chi connectivity index (χ4v) is 2.00. The van der Waals surface area contributed by atoms with E-state index in [-0.39, 0.29) is 0 Å². The van der Waals surface area contributed by atoms with Gasteiger partial charge in [0.2, 0.25) is 0 Å². The van der Waals surface area contributed by atoms with Crippen molar-refractivity contribution in [3.8, 4) is 0 Å². The van der Waals surface area contributed by atoms with Crippen molar-refractivity contribution in [2.75, 3.05) is 6.61 Å². The van der Waals surface area contributed by atoms with Gasteiger partial charge in [0.15, 0.2) is 0 Å². The van der Waals surface area contributed by atoms with Crippen molar-refractivity contribution >= 4 is 0 Å². The van der Waals surface area contributed by atoms with Crippen LogP contribution >= 0.6 is 0 Å². The summed E-state index contributed by atoms with van der Waals surface area (Å²) < 4.78 is 10.3. The molecule has 7 atom stereocenters. The third-order valence-electron chi connectivity index (χ3n) is 2.89. The Labute approximate surface area is 87.1 Å². The van der Waals surface area contributed by atoms with E-state index in [9.17, 15) is 15.3 Å². The van der Waals surface area contributed by atoms with Gasteiger partial charge >= 0.3 is 0 Å². The van der Waals surface area contributed by atoms with Gasteiger partial charge in [-0.2, -0.15) is 0 Å². The number of aliphatic hydroxyl groups excluding tert-OH is 4. The van der Waals surface area contributed by atoms with Crippen LogP contribution in [0.15, 0.2) is 0 Å². The van der Waals surface area contributed by atoms with Crippen molar-refractivity contribution in [2.45, 2.75) is 42.7 Å². The lowest BCUT2D eigenvalue weighted by molar-refractivity contribution is -0.223. The molecule has 2 rings (SSSR count). The molecule has 2 heterocycles. The van der Waals surface area contributed by atoms with Crippen molar-refractivity contribution in [1.29, 1.82) is 0 Å². The average molecular weight is 218 g/mol. The molecule has 2 aliphatic heterocycles. The van der Waals surface area contributed by atoms with E-state index >= 15 is 0 Å². The summed E-state index contributed by atoms with van der Waals surface area (Å²) in [5, 5.41) is 37.6. The first kappa shape index (κ1) is 11.3. The highest BCUT2D eigenvalue weighted by molar-refractivity contribution is 5.02. The van der Waals surface area contributed by atoms with Crippen LogP contribution in [0.5, 0.6) is 0 Å². The minimum Gasteiger partial charge on any atom is -0.394 e. The monoisotopic (exact) mass is 218 g/mol. The maximum absolute atomic E-state index is 9.65. The first-order chi connectivity index (χ1) is 7.06. The predicted molar refractivity (Wildman–Crippen MR) is 46.7 cm³/mol. The number of hydrogen-bond acceptors (Lipinski definition) is 6. The maximum atomic E-state index is 9.65. The van der Waals surface area contributed by atoms with Crippen molar-refractivity contribution in [1.82, 2.24) is 0 Å². The Hall–Kier alpha value is -0.240. The quantitative estimate of drug-likeness (QED) is 0.382. The zero-order chi connectivity index (χ0) is 11.2. The molecule has 3 unspecified atom stereocenters. The molecular formula is C9H14O6. The normalized spacial score (nSPS) is 55.4. The number of ether oxygens (including phenoxy) is 2.